The Balaban J connectivity index is 3.20. The first-order chi connectivity index (χ1) is 9.12. The summed E-state index contributed by atoms with van der Waals surface area (Å²) < 4.78 is 22.8. The molecule has 0 radical (unpaired) electrons. The molecule has 1 aromatic carbocycles. The minimum atomic E-state index is -3.54. The van der Waals surface area contributed by atoms with Crippen LogP contribution in [0.3, 0.4) is 0 Å². The maximum Gasteiger partial charge on any atom is 0.305 e. The summed E-state index contributed by atoms with van der Waals surface area (Å²) in [6.45, 7) is 0.0778. The summed E-state index contributed by atoms with van der Waals surface area (Å²) in [5, 5.41) is 19.6. The number of carbonyl (C=O) groups is 1. The number of anilines is 1. The number of hydrogen-bond donors (Lipinski definition) is 1. The highest BCUT2D eigenvalue weighted by Crippen LogP contribution is 2.30. The SMILES string of the molecule is CN(CCC(=O)O)c1ccc(S(C)(=O)=O)cc1[N+](=O)[O-]. The highest BCUT2D eigenvalue weighted by Gasteiger charge is 2.21. The van der Waals surface area contributed by atoms with Crippen molar-refractivity contribution in [3.8, 4) is 0 Å². The Morgan fingerprint density at radius 1 is 1.45 bits per heavy atom. The minimum absolute atomic E-state index is 0.0778. The number of rotatable bonds is 6. The van der Waals surface area contributed by atoms with E-state index in [1.165, 1.54) is 24.1 Å². The zero-order valence-corrected chi connectivity index (χ0v) is 11.8. The second-order valence-electron chi connectivity index (χ2n) is 4.25. The van der Waals surface area contributed by atoms with Gasteiger partial charge in [-0.3, -0.25) is 14.9 Å². The smallest absolute Gasteiger partial charge is 0.305 e. The van der Waals surface area contributed by atoms with Crippen molar-refractivity contribution in [1.29, 1.82) is 0 Å². The number of carboxylic acid groups (broad SMARTS) is 1. The van der Waals surface area contributed by atoms with E-state index in [4.69, 9.17) is 5.11 Å². The lowest BCUT2D eigenvalue weighted by molar-refractivity contribution is -0.384. The summed E-state index contributed by atoms with van der Waals surface area (Å²) in [5.41, 5.74) is -0.204. The largest absolute Gasteiger partial charge is 0.481 e. The van der Waals surface area contributed by atoms with Crippen LogP contribution in [0.5, 0.6) is 0 Å². The highest BCUT2D eigenvalue weighted by molar-refractivity contribution is 7.90. The van der Waals surface area contributed by atoms with Gasteiger partial charge >= 0.3 is 5.97 Å². The molecule has 8 nitrogen and oxygen atoms in total. The van der Waals surface area contributed by atoms with E-state index in [2.05, 4.69) is 0 Å². The third-order valence-corrected chi connectivity index (χ3v) is 3.75. The number of nitro groups is 1. The number of hydrogen-bond acceptors (Lipinski definition) is 6. The van der Waals surface area contributed by atoms with E-state index in [9.17, 15) is 23.3 Å². The van der Waals surface area contributed by atoms with Crippen molar-refractivity contribution < 1.29 is 23.2 Å². The van der Waals surface area contributed by atoms with Crippen LogP contribution in [0.4, 0.5) is 11.4 Å². The summed E-state index contributed by atoms with van der Waals surface area (Å²) in [7, 11) is -2.04. The van der Waals surface area contributed by atoms with E-state index in [-0.39, 0.29) is 29.2 Å². The average Bonchev–Trinajstić information content (AvgIpc) is 2.33. The van der Waals surface area contributed by atoms with Gasteiger partial charge in [0, 0.05) is 25.9 Å². The van der Waals surface area contributed by atoms with Gasteiger partial charge in [-0.25, -0.2) is 8.42 Å². The Bertz CT molecular complexity index is 640. The zero-order chi connectivity index (χ0) is 15.5. The van der Waals surface area contributed by atoms with E-state index < -0.39 is 20.7 Å². The van der Waals surface area contributed by atoms with Gasteiger partial charge in [0.2, 0.25) is 0 Å². The molecule has 0 aliphatic rings. The van der Waals surface area contributed by atoms with Gasteiger partial charge in [0.25, 0.3) is 5.69 Å². The molecule has 0 spiro atoms. The van der Waals surface area contributed by atoms with Crippen molar-refractivity contribution in [1.82, 2.24) is 0 Å². The van der Waals surface area contributed by atoms with Crippen LogP contribution in [-0.4, -0.2) is 44.3 Å². The van der Waals surface area contributed by atoms with Gasteiger partial charge in [-0.1, -0.05) is 0 Å². The Labute approximate surface area is 115 Å². The van der Waals surface area contributed by atoms with E-state index in [0.717, 1.165) is 12.3 Å². The molecule has 1 rings (SSSR count). The Morgan fingerprint density at radius 2 is 2.05 bits per heavy atom. The summed E-state index contributed by atoms with van der Waals surface area (Å²) in [6.07, 6.45) is 0.779. The lowest BCUT2D eigenvalue weighted by Crippen LogP contribution is -2.22. The van der Waals surface area contributed by atoms with Gasteiger partial charge in [0.05, 0.1) is 16.2 Å². The van der Waals surface area contributed by atoms with Crippen LogP contribution >= 0.6 is 0 Å². The standard InChI is InChI=1S/C11H14N2O6S/c1-12(6-5-11(14)15)9-4-3-8(20(2,18)19)7-10(9)13(16)17/h3-4,7H,5-6H2,1-2H3,(H,14,15). The molecule has 0 unspecified atom stereocenters. The first-order valence-electron chi connectivity index (χ1n) is 5.54. The quantitative estimate of drug-likeness (QED) is 0.612. The van der Waals surface area contributed by atoms with Gasteiger partial charge in [-0.05, 0) is 12.1 Å². The number of nitro benzene ring substituents is 1. The lowest BCUT2D eigenvalue weighted by atomic mass is 10.2. The molecule has 0 aliphatic carbocycles. The van der Waals surface area contributed by atoms with Crippen molar-refractivity contribution in [3.63, 3.8) is 0 Å². The second-order valence-corrected chi connectivity index (χ2v) is 6.26. The molecule has 0 amide bonds. The zero-order valence-electron chi connectivity index (χ0n) is 10.9. The fraction of sp³-hybridized carbons (Fsp3) is 0.364. The molecule has 0 saturated heterocycles. The fourth-order valence-corrected chi connectivity index (χ4v) is 2.23. The molecule has 0 bridgehead atoms. The van der Waals surface area contributed by atoms with Crippen molar-refractivity contribution in [3.05, 3.63) is 28.3 Å². The van der Waals surface area contributed by atoms with Crippen LogP contribution in [0.15, 0.2) is 23.1 Å². The predicted molar refractivity (Wildman–Crippen MR) is 71.7 cm³/mol. The predicted octanol–water partition coefficient (Wildman–Crippen LogP) is 0.909. The van der Waals surface area contributed by atoms with Crippen molar-refractivity contribution >= 4 is 27.2 Å². The first kappa shape index (κ1) is 15.9. The van der Waals surface area contributed by atoms with E-state index in [0.29, 0.717) is 0 Å². The third kappa shape index (κ3) is 3.92. The van der Waals surface area contributed by atoms with Gasteiger partial charge in [0.1, 0.15) is 5.69 Å². The van der Waals surface area contributed by atoms with Gasteiger partial charge in [0.15, 0.2) is 9.84 Å². The lowest BCUT2D eigenvalue weighted by Gasteiger charge is -2.18. The summed E-state index contributed by atoms with van der Waals surface area (Å²) in [4.78, 5) is 22.1. The van der Waals surface area contributed by atoms with Crippen LogP contribution in [0.1, 0.15) is 6.42 Å². The molecule has 1 N–H and O–H groups in total. The first-order valence-corrected chi connectivity index (χ1v) is 7.43. The fourth-order valence-electron chi connectivity index (χ4n) is 1.59. The molecule has 9 heteroatoms. The molecule has 0 saturated carbocycles. The van der Waals surface area contributed by atoms with Crippen molar-refractivity contribution in [2.75, 3.05) is 24.7 Å². The van der Waals surface area contributed by atoms with Gasteiger partial charge in [-0.2, -0.15) is 0 Å². The molecule has 1 aromatic rings. The van der Waals surface area contributed by atoms with Crippen LogP contribution < -0.4 is 4.90 Å². The maximum absolute atomic E-state index is 11.4. The molecule has 110 valence electrons. The molecule has 0 aliphatic heterocycles. The molecule has 0 aromatic heterocycles. The maximum atomic E-state index is 11.4. The Morgan fingerprint density at radius 3 is 2.50 bits per heavy atom. The number of carboxylic acids is 1. The minimum Gasteiger partial charge on any atom is -0.481 e. The molecule has 0 heterocycles. The Hall–Kier alpha value is -2.16. The van der Waals surface area contributed by atoms with Gasteiger partial charge in [-0.15, -0.1) is 0 Å². The van der Waals surface area contributed by atoms with Crippen molar-refractivity contribution in [2.24, 2.45) is 0 Å². The highest BCUT2D eigenvalue weighted by atomic mass is 32.2. The van der Waals surface area contributed by atoms with Crippen LogP contribution in [0.2, 0.25) is 0 Å². The van der Waals surface area contributed by atoms with Crippen LogP contribution in [0, 0.1) is 10.1 Å². The average molecular weight is 302 g/mol. The number of sulfone groups is 1. The monoisotopic (exact) mass is 302 g/mol. The molecular weight excluding hydrogens is 288 g/mol. The molecule has 0 atom stereocenters. The number of aliphatic carboxylic acids is 1. The second kappa shape index (κ2) is 5.87. The number of benzene rings is 1. The van der Waals surface area contributed by atoms with E-state index in [1.54, 1.807) is 0 Å². The molecule has 20 heavy (non-hydrogen) atoms. The topological polar surface area (TPSA) is 118 Å². The van der Waals surface area contributed by atoms with Crippen LogP contribution in [0.25, 0.3) is 0 Å². The summed E-state index contributed by atoms with van der Waals surface area (Å²) >= 11 is 0. The summed E-state index contributed by atoms with van der Waals surface area (Å²) in [6, 6.07) is 3.53. The van der Waals surface area contributed by atoms with E-state index in [1.807, 2.05) is 0 Å². The number of nitrogens with zero attached hydrogens (tertiary/aromatic N) is 2. The van der Waals surface area contributed by atoms with Crippen molar-refractivity contribution in [2.45, 2.75) is 11.3 Å². The van der Waals surface area contributed by atoms with Gasteiger partial charge < -0.3 is 10.0 Å². The normalized spacial score (nSPS) is 11.1. The third-order valence-electron chi connectivity index (χ3n) is 2.64. The van der Waals surface area contributed by atoms with E-state index >= 15 is 0 Å². The van der Waals surface area contributed by atoms with Crippen LogP contribution in [-0.2, 0) is 14.6 Å². The Kier molecular flexibility index (Phi) is 4.66. The molecule has 0 fully saturated rings. The summed E-state index contributed by atoms with van der Waals surface area (Å²) in [5.74, 6) is -1.02. The molecular formula is C11H14N2O6S.